The first kappa shape index (κ1) is 20.4. The van der Waals surface area contributed by atoms with Crippen LogP contribution in [0.4, 0.5) is 10.1 Å². The number of benzene rings is 2. The van der Waals surface area contributed by atoms with Gasteiger partial charge >= 0.3 is 5.97 Å². The van der Waals surface area contributed by atoms with Crippen molar-refractivity contribution in [3.63, 3.8) is 0 Å². The van der Waals surface area contributed by atoms with Gasteiger partial charge in [-0.25, -0.2) is 4.39 Å². The van der Waals surface area contributed by atoms with Crippen molar-refractivity contribution < 1.29 is 13.9 Å². The summed E-state index contributed by atoms with van der Waals surface area (Å²) in [5, 5.41) is 4.92. The van der Waals surface area contributed by atoms with Crippen LogP contribution < -0.4 is 15.9 Å². The molecule has 0 aliphatic carbocycles. The van der Waals surface area contributed by atoms with E-state index in [1.165, 1.54) is 12.1 Å². The molecule has 0 atom stereocenters. The highest BCUT2D eigenvalue weighted by Gasteiger charge is 2.12. The fourth-order valence-corrected chi connectivity index (χ4v) is 2.48. The molecule has 0 saturated carbocycles. The summed E-state index contributed by atoms with van der Waals surface area (Å²) in [4.78, 5) is 15.0. The monoisotopic (exact) mass is 390 g/mol. The van der Waals surface area contributed by atoms with Crippen LogP contribution in [0.5, 0.6) is 5.75 Å². The van der Waals surface area contributed by atoms with Crippen LogP contribution in [0.25, 0.3) is 10.9 Å². The van der Waals surface area contributed by atoms with Crippen LogP contribution in [0.3, 0.4) is 0 Å². The zero-order valence-corrected chi connectivity index (χ0v) is 15.3. The fourth-order valence-electron chi connectivity index (χ4n) is 2.48. The summed E-state index contributed by atoms with van der Waals surface area (Å²) in [6.07, 6.45) is 4.24. The lowest BCUT2D eigenvalue weighted by atomic mass is 10.1. The van der Waals surface area contributed by atoms with Gasteiger partial charge in [0.2, 0.25) is 0 Å². The molecule has 0 aliphatic heterocycles. The van der Waals surface area contributed by atoms with Crippen LogP contribution in [-0.4, -0.2) is 23.7 Å². The van der Waals surface area contributed by atoms with Gasteiger partial charge in [0.1, 0.15) is 11.6 Å². The van der Waals surface area contributed by atoms with Crippen LogP contribution in [0.1, 0.15) is 18.4 Å². The van der Waals surface area contributed by atoms with Crippen LogP contribution in [0.15, 0.2) is 53.8 Å². The molecule has 0 radical (unpaired) electrons. The average Bonchev–Trinajstić information content (AvgIpc) is 3.06. The number of H-pyrrole nitrogens is 1. The molecular weight excluding hydrogens is 371 g/mol. The number of hydrogen-bond donors (Lipinski definition) is 3. The molecule has 1 aromatic heterocycles. The van der Waals surface area contributed by atoms with Gasteiger partial charge in [-0.3, -0.25) is 10.2 Å². The van der Waals surface area contributed by atoms with Crippen molar-refractivity contribution in [1.29, 1.82) is 0 Å². The molecule has 27 heavy (non-hydrogen) atoms. The van der Waals surface area contributed by atoms with Crippen molar-refractivity contribution in [2.24, 2.45) is 10.8 Å². The molecular formula is C19H20ClFN4O2. The number of carbonyl (C=O) groups is 1. The fraction of sp³-hybridized carbons (Fsp3) is 0.158. The number of fused-ring (bicyclic) bond motifs is 1. The molecule has 0 aliphatic rings. The third-order valence-corrected chi connectivity index (χ3v) is 3.75. The topological polar surface area (TPSA) is 92.5 Å². The van der Waals surface area contributed by atoms with E-state index in [1.807, 2.05) is 12.1 Å². The summed E-state index contributed by atoms with van der Waals surface area (Å²) in [6.45, 7) is 0.441. The van der Waals surface area contributed by atoms with Gasteiger partial charge in [-0.05, 0) is 49.4 Å². The highest BCUT2D eigenvalue weighted by Crippen LogP contribution is 2.28. The third kappa shape index (κ3) is 5.29. The maximum Gasteiger partial charge on any atom is 0.311 e. The average molecular weight is 391 g/mol. The van der Waals surface area contributed by atoms with E-state index in [4.69, 9.17) is 10.5 Å². The molecule has 0 amide bonds. The van der Waals surface area contributed by atoms with Crippen molar-refractivity contribution in [1.82, 2.24) is 4.98 Å². The van der Waals surface area contributed by atoms with Crippen molar-refractivity contribution in [2.75, 3.05) is 12.0 Å². The van der Waals surface area contributed by atoms with Crippen LogP contribution in [0.2, 0.25) is 0 Å². The minimum absolute atomic E-state index is 0. The predicted molar refractivity (Wildman–Crippen MR) is 107 cm³/mol. The van der Waals surface area contributed by atoms with E-state index in [0.29, 0.717) is 24.4 Å². The molecule has 0 fully saturated rings. The first-order valence-electron chi connectivity index (χ1n) is 8.23. The SMILES string of the molecule is Cl.NCCCC(=O)Oc1cccc2[nH]cc(C=NNc3ccc(F)cc3)c12. The minimum atomic E-state index is -0.323. The third-order valence-electron chi connectivity index (χ3n) is 3.75. The van der Waals surface area contributed by atoms with Gasteiger partial charge in [0, 0.05) is 23.7 Å². The molecule has 1 heterocycles. The first-order chi connectivity index (χ1) is 12.7. The summed E-state index contributed by atoms with van der Waals surface area (Å²) < 4.78 is 18.4. The number of carbonyl (C=O) groups excluding carboxylic acids is 1. The highest BCUT2D eigenvalue weighted by atomic mass is 35.5. The number of hydrogen-bond acceptors (Lipinski definition) is 5. The highest BCUT2D eigenvalue weighted by molar-refractivity contribution is 6.03. The van der Waals surface area contributed by atoms with Crippen molar-refractivity contribution in [2.45, 2.75) is 12.8 Å². The maximum absolute atomic E-state index is 12.9. The van der Waals surface area contributed by atoms with E-state index in [9.17, 15) is 9.18 Å². The number of aromatic amines is 1. The number of aromatic nitrogens is 1. The molecule has 3 aromatic rings. The predicted octanol–water partition coefficient (Wildman–Crippen LogP) is 3.82. The number of nitrogens with two attached hydrogens (primary N) is 1. The van der Waals surface area contributed by atoms with Gasteiger partial charge in [-0.2, -0.15) is 5.10 Å². The van der Waals surface area contributed by atoms with E-state index in [0.717, 1.165) is 16.5 Å². The smallest absolute Gasteiger partial charge is 0.311 e. The van der Waals surface area contributed by atoms with Crippen LogP contribution in [-0.2, 0) is 4.79 Å². The Bertz CT molecular complexity index is 925. The number of anilines is 1. The summed E-state index contributed by atoms with van der Waals surface area (Å²) in [6, 6.07) is 11.3. The standard InChI is InChI=1S/C19H19FN4O2.ClH/c20-14-6-8-15(9-7-14)24-23-12-13-11-22-16-3-1-4-17(19(13)16)26-18(25)5-2-10-21;/h1,3-4,6-9,11-12,22,24H,2,5,10,21H2;1H. The Morgan fingerprint density at radius 2 is 2.04 bits per heavy atom. The summed E-state index contributed by atoms with van der Waals surface area (Å²) >= 11 is 0. The van der Waals surface area contributed by atoms with Gasteiger partial charge in [-0.15, -0.1) is 12.4 Å². The number of esters is 1. The second-order valence-corrected chi connectivity index (χ2v) is 5.67. The van der Waals surface area contributed by atoms with Gasteiger partial charge < -0.3 is 15.5 Å². The Morgan fingerprint density at radius 1 is 1.26 bits per heavy atom. The molecule has 0 saturated heterocycles. The number of hydrazone groups is 1. The number of nitrogens with one attached hydrogen (secondary N) is 2. The lowest BCUT2D eigenvalue weighted by molar-refractivity contribution is -0.134. The Kier molecular flexibility index (Phi) is 7.34. The lowest BCUT2D eigenvalue weighted by Gasteiger charge is -2.06. The molecule has 8 heteroatoms. The van der Waals surface area contributed by atoms with E-state index < -0.39 is 0 Å². The number of ether oxygens (including phenoxy) is 1. The van der Waals surface area contributed by atoms with Crippen molar-refractivity contribution >= 4 is 41.2 Å². The number of halogens is 2. The normalized spacial score (nSPS) is 10.7. The largest absolute Gasteiger partial charge is 0.426 e. The van der Waals surface area contributed by atoms with E-state index >= 15 is 0 Å². The molecule has 4 N–H and O–H groups in total. The second-order valence-electron chi connectivity index (χ2n) is 5.67. The Hall–Kier alpha value is -2.90. The Labute approximate surface area is 162 Å². The zero-order valence-electron chi connectivity index (χ0n) is 14.4. The van der Waals surface area contributed by atoms with Gasteiger partial charge in [0.15, 0.2) is 0 Å². The molecule has 6 nitrogen and oxygen atoms in total. The second kappa shape index (κ2) is 9.70. The Morgan fingerprint density at radius 3 is 2.78 bits per heavy atom. The molecule has 0 bridgehead atoms. The number of rotatable bonds is 7. The summed E-state index contributed by atoms with van der Waals surface area (Å²) in [5.74, 6) is -0.164. The van der Waals surface area contributed by atoms with Crippen LogP contribution >= 0.6 is 12.4 Å². The van der Waals surface area contributed by atoms with Crippen molar-refractivity contribution in [3.05, 3.63) is 60.0 Å². The quantitative estimate of drug-likeness (QED) is 0.247. The Balaban J connectivity index is 0.00000261. The number of nitrogens with zero attached hydrogens (tertiary/aromatic N) is 1. The molecule has 3 rings (SSSR count). The van der Waals surface area contributed by atoms with E-state index in [2.05, 4.69) is 15.5 Å². The molecule has 2 aromatic carbocycles. The van der Waals surface area contributed by atoms with Gasteiger partial charge in [0.05, 0.1) is 17.3 Å². The van der Waals surface area contributed by atoms with E-state index in [-0.39, 0.29) is 30.6 Å². The van der Waals surface area contributed by atoms with Crippen molar-refractivity contribution in [3.8, 4) is 5.75 Å². The zero-order chi connectivity index (χ0) is 18.4. The lowest BCUT2D eigenvalue weighted by Crippen LogP contribution is -2.10. The van der Waals surface area contributed by atoms with Crippen LogP contribution in [0, 0.1) is 5.82 Å². The first-order valence-corrected chi connectivity index (χ1v) is 8.23. The minimum Gasteiger partial charge on any atom is -0.426 e. The van der Waals surface area contributed by atoms with E-state index in [1.54, 1.807) is 30.6 Å². The molecule has 0 spiro atoms. The molecule has 0 unspecified atom stereocenters. The van der Waals surface area contributed by atoms with Gasteiger partial charge in [-0.1, -0.05) is 6.07 Å². The summed E-state index contributed by atoms with van der Waals surface area (Å²) in [5.41, 5.74) is 10.5. The summed E-state index contributed by atoms with van der Waals surface area (Å²) in [7, 11) is 0. The molecule has 142 valence electrons. The maximum atomic E-state index is 12.9. The van der Waals surface area contributed by atoms with Gasteiger partial charge in [0.25, 0.3) is 0 Å².